The van der Waals surface area contributed by atoms with Gasteiger partial charge in [-0.05, 0) is 36.6 Å². The highest BCUT2D eigenvalue weighted by molar-refractivity contribution is 7.21. The van der Waals surface area contributed by atoms with Crippen molar-refractivity contribution in [3.05, 3.63) is 47.0 Å². The third-order valence-electron chi connectivity index (χ3n) is 5.34. The minimum absolute atomic E-state index is 0.157. The van der Waals surface area contributed by atoms with Crippen LogP contribution in [0.3, 0.4) is 0 Å². The summed E-state index contributed by atoms with van der Waals surface area (Å²) in [5, 5.41) is 10.0. The van der Waals surface area contributed by atoms with Crippen molar-refractivity contribution >= 4 is 44.5 Å². The molecule has 7 nitrogen and oxygen atoms in total. The molecule has 5 N–H and O–H groups in total. The number of benzene rings is 1. The van der Waals surface area contributed by atoms with E-state index in [0.29, 0.717) is 17.0 Å². The fourth-order valence-corrected chi connectivity index (χ4v) is 4.87. The number of nitrogens with zero attached hydrogens (tertiary/aromatic N) is 3. The van der Waals surface area contributed by atoms with Gasteiger partial charge in [-0.25, -0.2) is 4.98 Å². The van der Waals surface area contributed by atoms with Crippen LogP contribution < -0.4 is 21.3 Å². The maximum Gasteiger partial charge on any atom is 0.260 e. The molecule has 1 aliphatic rings. The first-order valence-electron chi connectivity index (χ1n) is 9.75. The summed E-state index contributed by atoms with van der Waals surface area (Å²) in [4.78, 5) is 21.9. The Balaban J connectivity index is 1.59. The molecule has 152 valence electrons. The molecule has 0 unspecified atom stereocenters. The number of aromatic nitrogens is 1. The lowest BCUT2D eigenvalue weighted by molar-refractivity contribution is 0.100. The molecule has 0 radical (unpaired) electrons. The van der Waals surface area contributed by atoms with Gasteiger partial charge in [-0.1, -0.05) is 12.1 Å². The van der Waals surface area contributed by atoms with Crippen molar-refractivity contribution in [3.8, 4) is 0 Å². The Bertz CT molecular complexity index is 1040. The third kappa shape index (κ3) is 3.86. The molecule has 1 aliphatic heterocycles. The van der Waals surface area contributed by atoms with Gasteiger partial charge in [-0.3, -0.25) is 4.79 Å². The van der Waals surface area contributed by atoms with Gasteiger partial charge < -0.3 is 26.4 Å². The second-order valence-corrected chi connectivity index (χ2v) is 8.19. The van der Waals surface area contributed by atoms with Gasteiger partial charge in [0.15, 0.2) is 0 Å². The van der Waals surface area contributed by atoms with E-state index in [1.165, 1.54) is 17.0 Å². The Morgan fingerprint density at radius 2 is 1.97 bits per heavy atom. The Kier molecular flexibility index (Phi) is 5.55. The minimum atomic E-state index is -0.513. The fraction of sp³-hybridized carbons (Fsp3) is 0.333. The molecule has 3 aromatic rings. The van der Waals surface area contributed by atoms with E-state index in [4.69, 9.17) is 11.5 Å². The first-order valence-corrected chi connectivity index (χ1v) is 10.6. The average Bonchev–Trinajstić information content (AvgIpc) is 2.90. The summed E-state index contributed by atoms with van der Waals surface area (Å²) in [6.45, 7) is 3.72. The molecule has 29 heavy (non-hydrogen) atoms. The van der Waals surface area contributed by atoms with Crippen LogP contribution in [0.25, 0.3) is 10.2 Å². The molecule has 2 aromatic heterocycles. The van der Waals surface area contributed by atoms with Gasteiger partial charge in [0, 0.05) is 44.7 Å². The largest absolute Gasteiger partial charge is 0.397 e. The zero-order valence-corrected chi connectivity index (χ0v) is 17.0. The standard InChI is InChI=1S/C21H25N5O2S/c22-18-17-16(5-7-24-21(17)29-19(18)20(23)28)26-9-2-8-25(10-11-26)15-4-1-3-14(13-15)6-12-27/h1,3-5,7,13,27H,2,6,8-12,22H2,(H2,23,28). The monoisotopic (exact) mass is 411 g/mol. The molecule has 0 saturated carbocycles. The summed E-state index contributed by atoms with van der Waals surface area (Å²) >= 11 is 1.25. The number of carbonyl (C=O) groups excluding carboxylic acids is 1. The van der Waals surface area contributed by atoms with Crippen molar-refractivity contribution in [3.63, 3.8) is 0 Å². The highest BCUT2D eigenvalue weighted by Crippen LogP contribution is 2.38. The Hall–Kier alpha value is -2.84. The average molecular weight is 412 g/mol. The van der Waals surface area contributed by atoms with Crippen LogP contribution in [-0.4, -0.2) is 48.8 Å². The predicted molar refractivity (Wildman–Crippen MR) is 119 cm³/mol. The maximum absolute atomic E-state index is 11.7. The normalized spacial score (nSPS) is 14.9. The summed E-state index contributed by atoms with van der Waals surface area (Å²) in [5.74, 6) is -0.513. The molecule has 3 heterocycles. The first-order chi connectivity index (χ1) is 14.1. The second-order valence-electron chi connectivity index (χ2n) is 7.19. The Labute approximate surface area is 173 Å². The lowest BCUT2D eigenvalue weighted by atomic mass is 10.1. The van der Waals surface area contributed by atoms with Gasteiger partial charge in [-0.15, -0.1) is 11.3 Å². The molecule has 1 amide bonds. The number of anilines is 3. The number of nitrogens with two attached hydrogens (primary N) is 2. The SMILES string of the molecule is NC(=O)c1sc2nccc(N3CCCN(c4cccc(CCO)c4)CC3)c2c1N. The zero-order chi connectivity index (χ0) is 20.4. The lowest BCUT2D eigenvalue weighted by Gasteiger charge is -2.25. The number of pyridine rings is 1. The number of hydrogen-bond acceptors (Lipinski definition) is 7. The van der Waals surface area contributed by atoms with Crippen molar-refractivity contribution < 1.29 is 9.90 Å². The number of carbonyl (C=O) groups is 1. The van der Waals surface area contributed by atoms with Crippen LogP contribution in [0.1, 0.15) is 21.7 Å². The number of nitrogen functional groups attached to an aromatic ring is 1. The van der Waals surface area contributed by atoms with Gasteiger partial charge in [0.2, 0.25) is 0 Å². The topological polar surface area (TPSA) is 109 Å². The summed E-state index contributed by atoms with van der Waals surface area (Å²) in [6.07, 6.45) is 3.43. The Morgan fingerprint density at radius 3 is 2.76 bits per heavy atom. The van der Waals surface area contributed by atoms with E-state index >= 15 is 0 Å². The Morgan fingerprint density at radius 1 is 1.17 bits per heavy atom. The van der Waals surface area contributed by atoms with E-state index in [0.717, 1.165) is 54.1 Å². The lowest BCUT2D eigenvalue weighted by Crippen LogP contribution is -2.30. The van der Waals surface area contributed by atoms with Crippen LogP contribution in [0.2, 0.25) is 0 Å². The fourth-order valence-electron chi connectivity index (χ4n) is 3.93. The summed E-state index contributed by atoms with van der Waals surface area (Å²) in [6, 6.07) is 10.3. The number of thiophene rings is 1. The molecular formula is C21H25N5O2S. The molecule has 1 aromatic carbocycles. The van der Waals surface area contributed by atoms with Crippen molar-refractivity contribution in [1.82, 2.24) is 4.98 Å². The van der Waals surface area contributed by atoms with Crippen molar-refractivity contribution in [2.24, 2.45) is 5.73 Å². The smallest absolute Gasteiger partial charge is 0.260 e. The van der Waals surface area contributed by atoms with Crippen LogP contribution >= 0.6 is 11.3 Å². The molecule has 0 aliphatic carbocycles. The number of aliphatic hydroxyl groups excluding tert-OH is 1. The van der Waals surface area contributed by atoms with Crippen molar-refractivity contribution in [2.75, 3.05) is 48.3 Å². The predicted octanol–water partition coefficient (Wildman–Crippen LogP) is 2.23. The van der Waals surface area contributed by atoms with Crippen LogP contribution in [0.15, 0.2) is 36.5 Å². The number of aliphatic hydroxyl groups is 1. The molecular weight excluding hydrogens is 386 g/mol. The van der Waals surface area contributed by atoms with E-state index in [-0.39, 0.29) is 6.61 Å². The van der Waals surface area contributed by atoms with Crippen LogP contribution in [0, 0.1) is 0 Å². The van der Waals surface area contributed by atoms with Gasteiger partial charge in [0.1, 0.15) is 9.71 Å². The molecule has 0 spiro atoms. The molecule has 0 bridgehead atoms. The summed E-state index contributed by atoms with van der Waals surface area (Å²) < 4.78 is 0. The molecule has 1 saturated heterocycles. The minimum Gasteiger partial charge on any atom is -0.397 e. The van der Waals surface area contributed by atoms with E-state index < -0.39 is 5.91 Å². The van der Waals surface area contributed by atoms with E-state index in [9.17, 15) is 9.90 Å². The number of hydrogen-bond donors (Lipinski definition) is 3. The maximum atomic E-state index is 11.7. The summed E-state index contributed by atoms with van der Waals surface area (Å²) in [5.41, 5.74) is 15.5. The molecule has 8 heteroatoms. The summed E-state index contributed by atoms with van der Waals surface area (Å²) in [7, 11) is 0. The van der Waals surface area contributed by atoms with Gasteiger partial charge in [0.05, 0.1) is 16.8 Å². The number of amides is 1. The zero-order valence-electron chi connectivity index (χ0n) is 16.2. The second kappa shape index (κ2) is 8.26. The number of fused-ring (bicyclic) bond motifs is 1. The van der Waals surface area contributed by atoms with Crippen molar-refractivity contribution in [1.29, 1.82) is 0 Å². The molecule has 4 rings (SSSR count). The van der Waals surface area contributed by atoms with E-state index in [2.05, 4.69) is 26.9 Å². The van der Waals surface area contributed by atoms with E-state index in [1.54, 1.807) is 6.20 Å². The third-order valence-corrected chi connectivity index (χ3v) is 6.47. The number of rotatable bonds is 5. The number of primary amides is 1. The van der Waals surface area contributed by atoms with Gasteiger partial charge >= 0.3 is 0 Å². The van der Waals surface area contributed by atoms with Crippen molar-refractivity contribution in [2.45, 2.75) is 12.8 Å². The van der Waals surface area contributed by atoms with Crippen LogP contribution in [0.4, 0.5) is 17.1 Å². The molecule has 0 atom stereocenters. The highest BCUT2D eigenvalue weighted by atomic mass is 32.1. The van der Waals surface area contributed by atoms with Gasteiger partial charge in [-0.2, -0.15) is 0 Å². The van der Waals surface area contributed by atoms with Crippen LogP contribution in [-0.2, 0) is 6.42 Å². The quantitative estimate of drug-likeness (QED) is 0.594. The van der Waals surface area contributed by atoms with Crippen LogP contribution in [0.5, 0.6) is 0 Å². The first kappa shape index (κ1) is 19.5. The highest BCUT2D eigenvalue weighted by Gasteiger charge is 2.22. The molecule has 1 fully saturated rings. The van der Waals surface area contributed by atoms with Gasteiger partial charge in [0.25, 0.3) is 5.91 Å². The van der Waals surface area contributed by atoms with E-state index in [1.807, 2.05) is 18.2 Å².